The first-order valence-corrected chi connectivity index (χ1v) is 6.67. The van der Waals surface area contributed by atoms with Crippen LogP contribution in [0.15, 0.2) is 33.7 Å². The molecule has 0 bridgehead atoms. The molecule has 88 valence electrons. The third-order valence-corrected chi connectivity index (χ3v) is 2.81. The summed E-state index contributed by atoms with van der Waals surface area (Å²) in [5, 5.41) is 3.28. The summed E-state index contributed by atoms with van der Waals surface area (Å²) in [6, 6.07) is 6.08. The molecule has 0 radical (unpaired) electrons. The molecular weight excluding hydrogens is 334 g/mol. The van der Waals surface area contributed by atoms with E-state index in [0.717, 1.165) is 27.8 Å². The van der Waals surface area contributed by atoms with Gasteiger partial charge in [-0.1, -0.05) is 35.5 Å². The van der Waals surface area contributed by atoms with E-state index in [1.165, 1.54) is 5.56 Å². The summed E-state index contributed by atoms with van der Waals surface area (Å²) in [6.07, 6.45) is 0. The zero-order valence-corrected chi connectivity index (χ0v) is 12.4. The lowest BCUT2D eigenvalue weighted by Gasteiger charge is -2.09. The van der Waals surface area contributed by atoms with Crippen molar-refractivity contribution in [2.75, 3.05) is 13.2 Å². The van der Waals surface area contributed by atoms with Crippen LogP contribution in [0.2, 0.25) is 0 Å². The van der Waals surface area contributed by atoms with E-state index in [1.54, 1.807) is 0 Å². The Balaban J connectivity index is 2.63. The van der Waals surface area contributed by atoms with E-state index in [0.29, 0.717) is 6.61 Å². The molecule has 1 aromatic carbocycles. The Hall–Kier alpha value is -0.320. The average Bonchev–Trinajstić information content (AvgIpc) is 2.24. The second kappa shape index (κ2) is 7.09. The first-order chi connectivity index (χ1) is 7.63. The highest BCUT2D eigenvalue weighted by Crippen LogP contribution is 2.26. The standard InChI is InChI=1S/C12H15Br2NO/c1-3-15-7-10-4-5-12(11(14)6-10)16-8-9(2)13/h4-6,15H,2-3,7-8H2,1H3. The van der Waals surface area contributed by atoms with Gasteiger partial charge in [-0.3, -0.25) is 0 Å². The summed E-state index contributed by atoms with van der Waals surface area (Å²) in [5.41, 5.74) is 1.23. The minimum Gasteiger partial charge on any atom is -0.487 e. The molecule has 16 heavy (non-hydrogen) atoms. The molecule has 0 saturated carbocycles. The van der Waals surface area contributed by atoms with Crippen LogP contribution in [0, 0.1) is 0 Å². The molecule has 0 aliphatic carbocycles. The Labute approximate surface area is 113 Å². The molecule has 0 saturated heterocycles. The van der Waals surface area contributed by atoms with Crippen molar-refractivity contribution in [2.45, 2.75) is 13.5 Å². The van der Waals surface area contributed by atoms with Crippen molar-refractivity contribution in [3.8, 4) is 5.75 Å². The molecule has 2 nitrogen and oxygen atoms in total. The van der Waals surface area contributed by atoms with Crippen LogP contribution in [0.5, 0.6) is 5.75 Å². The van der Waals surface area contributed by atoms with Gasteiger partial charge < -0.3 is 10.1 Å². The molecule has 0 heterocycles. The first kappa shape index (κ1) is 13.7. The maximum absolute atomic E-state index is 5.54. The fraction of sp³-hybridized carbons (Fsp3) is 0.333. The second-order valence-electron chi connectivity index (χ2n) is 3.35. The third-order valence-electron chi connectivity index (χ3n) is 1.96. The van der Waals surface area contributed by atoms with E-state index < -0.39 is 0 Å². The van der Waals surface area contributed by atoms with Gasteiger partial charge in [0.05, 0.1) is 4.47 Å². The SMILES string of the molecule is C=C(Br)COc1ccc(CNCC)cc1Br. The number of rotatable bonds is 6. The molecule has 1 aromatic rings. The predicted octanol–water partition coefficient (Wildman–Crippen LogP) is 3.85. The Kier molecular flexibility index (Phi) is 6.09. The number of hydrogen-bond acceptors (Lipinski definition) is 2. The number of hydrogen-bond donors (Lipinski definition) is 1. The summed E-state index contributed by atoms with van der Waals surface area (Å²) in [7, 11) is 0. The Morgan fingerprint density at radius 2 is 2.25 bits per heavy atom. The highest BCUT2D eigenvalue weighted by molar-refractivity contribution is 9.11. The molecule has 0 aliphatic heterocycles. The largest absolute Gasteiger partial charge is 0.487 e. The smallest absolute Gasteiger partial charge is 0.134 e. The molecule has 0 unspecified atom stereocenters. The molecule has 1 rings (SSSR count). The van der Waals surface area contributed by atoms with Crippen LogP contribution in [0.1, 0.15) is 12.5 Å². The summed E-state index contributed by atoms with van der Waals surface area (Å²) < 4.78 is 7.34. The van der Waals surface area contributed by atoms with Crippen LogP contribution in [0.4, 0.5) is 0 Å². The van der Waals surface area contributed by atoms with E-state index in [4.69, 9.17) is 4.74 Å². The van der Waals surface area contributed by atoms with Gasteiger partial charge >= 0.3 is 0 Å². The second-order valence-corrected chi connectivity index (χ2v) is 5.33. The fourth-order valence-electron chi connectivity index (χ4n) is 1.20. The molecule has 0 amide bonds. The van der Waals surface area contributed by atoms with Gasteiger partial charge in [-0.05, 0) is 40.2 Å². The van der Waals surface area contributed by atoms with E-state index in [9.17, 15) is 0 Å². The van der Waals surface area contributed by atoms with Gasteiger partial charge in [-0.2, -0.15) is 0 Å². The summed E-state index contributed by atoms with van der Waals surface area (Å²) in [4.78, 5) is 0. The average molecular weight is 349 g/mol. The van der Waals surface area contributed by atoms with Crippen LogP contribution in [0.3, 0.4) is 0 Å². The van der Waals surface area contributed by atoms with Crippen LogP contribution in [0.25, 0.3) is 0 Å². The molecule has 0 aliphatic rings. The molecule has 1 N–H and O–H groups in total. The lowest BCUT2D eigenvalue weighted by Crippen LogP contribution is -2.11. The zero-order chi connectivity index (χ0) is 12.0. The van der Waals surface area contributed by atoms with Crippen molar-refractivity contribution >= 4 is 31.9 Å². The molecular formula is C12H15Br2NO. The van der Waals surface area contributed by atoms with Crippen LogP contribution < -0.4 is 10.1 Å². The van der Waals surface area contributed by atoms with Gasteiger partial charge in [-0.25, -0.2) is 0 Å². The molecule has 0 spiro atoms. The van der Waals surface area contributed by atoms with Crippen molar-refractivity contribution in [1.82, 2.24) is 5.32 Å². The predicted molar refractivity (Wildman–Crippen MR) is 75.1 cm³/mol. The monoisotopic (exact) mass is 347 g/mol. The quantitative estimate of drug-likeness (QED) is 0.843. The number of halogens is 2. The Morgan fingerprint density at radius 3 is 2.81 bits per heavy atom. The van der Waals surface area contributed by atoms with E-state index in [-0.39, 0.29) is 0 Å². The van der Waals surface area contributed by atoms with Gasteiger partial charge in [0.2, 0.25) is 0 Å². The van der Waals surface area contributed by atoms with Crippen LogP contribution >= 0.6 is 31.9 Å². The molecule has 4 heteroatoms. The first-order valence-electron chi connectivity index (χ1n) is 5.08. The maximum Gasteiger partial charge on any atom is 0.134 e. The topological polar surface area (TPSA) is 21.3 Å². The molecule has 0 aromatic heterocycles. The van der Waals surface area contributed by atoms with E-state index in [2.05, 4.69) is 62.8 Å². The van der Waals surface area contributed by atoms with Crippen LogP contribution in [-0.4, -0.2) is 13.2 Å². The summed E-state index contributed by atoms with van der Waals surface area (Å²) in [5.74, 6) is 0.834. The highest BCUT2D eigenvalue weighted by Gasteiger charge is 2.02. The summed E-state index contributed by atoms with van der Waals surface area (Å²) in [6.45, 7) is 8.14. The van der Waals surface area contributed by atoms with Gasteiger partial charge in [-0.15, -0.1) is 0 Å². The van der Waals surface area contributed by atoms with Crippen molar-refractivity contribution in [3.63, 3.8) is 0 Å². The van der Waals surface area contributed by atoms with E-state index >= 15 is 0 Å². The van der Waals surface area contributed by atoms with Gasteiger partial charge in [0.15, 0.2) is 0 Å². The minimum absolute atomic E-state index is 0.477. The number of nitrogens with one attached hydrogen (secondary N) is 1. The van der Waals surface area contributed by atoms with Gasteiger partial charge in [0.25, 0.3) is 0 Å². The molecule has 0 atom stereocenters. The van der Waals surface area contributed by atoms with Crippen molar-refractivity contribution in [2.24, 2.45) is 0 Å². The number of benzene rings is 1. The minimum atomic E-state index is 0.477. The van der Waals surface area contributed by atoms with Crippen molar-refractivity contribution in [3.05, 3.63) is 39.3 Å². The maximum atomic E-state index is 5.54. The van der Waals surface area contributed by atoms with Crippen molar-refractivity contribution in [1.29, 1.82) is 0 Å². The highest BCUT2D eigenvalue weighted by atomic mass is 79.9. The fourth-order valence-corrected chi connectivity index (χ4v) is 1.85. The lowest BCUT2D eigenvalue weighted by molar-refractivity contribution is 0.358. The number of ether oxygens (including phenoxy) is 1. The van der Waals surface area contributed by atoms with Crippen LogP contribution in [-0.2, 0) is 6.54 Å². The van der Waals surface area contributed by atoms with Gasteiger partial charge in [0, 0.05) is 11.0 Å². The van der Waals surface area contributed by atoms with Gasteiger partial charge in [0.1, 0.15) is 12.4 Å². The van der Waals surface area contributed by atoms with E-state index in [1.807, 2.05) is 6.07 Å². The Bertz CT molecular complexity index is 366. The van der Waals surface area contributed by atoms with Crippen molar-refractivity contribution < 1.29 is 4.74 Å². The zero-order valence-electron chi connectivity index (χ0n) is 9.22. The normalized spacial score (nSPS) is 10.2. The molecule has 0 fully saturated rings. The lowest BCUT2D eigenvalue weighted by atomic mass is 10.2. The Morgan fingerprint density at radius 1 is 1.50 bits per heavy atom. The summed E-state index contributed by atoms with van der Waals surface area (Å²) >= 11 is 6.75. The third kappa shape index (κ3) is 4.68.